The largest absolute Gasteiger partial charge is 0.350 e. The van der Waals surface area contributed by atoms with Gasteiger partial charge in [0, 0.05) is 37.4 Å². The molecule has 0 amide bonds. The monoisotopic (exact) mass is 328 g/mol. The Hall–Kier alpha value is -2.14. The van der Waals surface area contributed by atoms with Gasteiger partial charge in [-0.05, 0) is 56.1 Å². The molecular formula is C19H25FN4. The number of rotatable bonds is 6. The molecule has 3 aromatic rings. The molecule has 4 nitrogen and oxygen atoms in total. The first kappa shape index (κ1) is 16.7. The van der Waals surface area contributed by atoms with Gasteiger partial charge < -0.3 is 9.88 Å². The Balaban J connectivity index is 1.59. The smallest absolute Gasteiger partial charge is 0.125 e. The van der Waals surface area contributed by atoms with E-state index in [0.717, 1.165) is 36.2 Å². The van der Waals surface area contributed by atoms with Crippen molar-refractivity contribution in [3.63, 3.8) is 0 Å². The molecule has 5 heteroatoms. The normalized spacial score (nSPS) is 12.9. The maximum absolute atomic E-state index is 13.4. The lowest BCUT2D eigenvalue weighted by Crippen LogP contribution is -2.24. The number of fused-ring (bicyclic) bond motifs is 1. The summed E-state index contributed by atoms with van der Waals surface area (Å²) in [7, 11) is 1.96. The van der Waals surface area contributed by atoms with Crippen LogP contribution in [0, 0.1) is 25.6 Å². The first-order chi connectivity index (χ1) is 11.4. The molecule has 0 radical (unpaired) electrons. The van der Waals surface area contributed by atoms with Gasteiger partial charge in [0.2, 0.25) is 0 Å². The third kappa shape index (κ3) is 3.51. The molecule has 0 saturated carbocycles. The molecule has 0 saturated heterocycles. The summed E-state index contributed by atoms with van der Waals surface area (Å²) in [5.74, 6) is 0.289. The zero-order valence-corrected chi connectivity index (χ0v) is 14.8. The summed E-state index contributed by atoms with van der Waals surface area (Å²) in [6.07, 6.45) is 2.07. The zero-order chi connectivity index (χ0) is 17.3. The number of aryl methyl sites for hydroxylation is 3. The van der Waals surface area contributed by atoms with E-state index in [0.29, 0.717) is 5.92 Å². The van der Waals surface area contributed by atoms with Gasteiger partial charge in [-0.2, -0.15) is 5.10 Å². The van der Waals surface area contributed by atoms with Crippen molar-refractivity contribution in [3.05, 3.63) is 53.2 Å². The number of aromatic nitrogens is 3. The highest BCUT2D eigenvalue weighted by Crippen LogP contribution is 2.21. The van der Waals surface area contributed by atoms with Gasteiger partial charge in [0.05, 0.1) is 11.2 Å². The molecule has 0 aliphatic rings. The molecule has 0 spiro atoms. The number of nitrogens with zero attached hydrogens (tertiary/aromatic N) is 3. The fraction of sp³-hybridized carbons (Fsp3) is 0.421. The van der Waals surface area contributed by atoms with Crippen molar-refractivity contribution in [1.29, 1.82) is 0 Å². The lowest BCUT2D eigenvalue weighted by molar-refractivity contribution is 0.416. The molecule has 0 bridgehead atoms. The Morgan fingerprint density at radius 1 is 1.25 bits per heavy atom. The van der Waals surface area contributed by atoms with Crippen molar-refractivity contribution in [1.82, 2.24) is 19.7 Å². The highest BCUT2D eigenvalue weighted by Gasteiger charge is 2.10. The Labute approximate surface area is 142 Å². The van der Waals surface area contributed by atoms with E-state index < -0.39 is 0 Å². The molecule has 1 aromatic carbocycles. The Morgan fingerprint density at radius 3 is 2.75 bits per heavy atom. The van der Waals surface area contributed by atoms with Crippen molar-refractivity contribution >= 4 is 10.9 Å². The maximum Gasteiger partial charge on any atom is 0.125 e. The molecule has 128 valence electrons. The minimum absolute atomic E-state index is 0.193. The van der Waals surface area contributed by atoms with Crippen LogP contribution in [0.1, 0.15) is 23.9 Å². The molecule has 0 aliphatic heterocycles. The topological polar surface area (TPSA) is 34.8 Å². The lowest BCUT2D eigenvalue weighted by atomic mass is 10.1. The van der Waals surface area contributed by atoms with Crippen LogP contribution in [-0.4, -0.2) is 20.9 Å². The summed E-state index contributed by atoms with van der Waals surface area (Å²) in [6.45, 7) is 8.95. The second-order valence-electron chi connectivity index (χ2n) is 6.77. The fourth-order valence-corrected chi connectivity index (χ4v) is 3.25. The van der Waals surface area contributed by atoms with E-state index in [1.807, 2.05) is 24.6 Å². The average molecular weight is 328 g/mol. The number of hydrogen-bond donors (Lipinski definition) is 1. The van der Waals surface area contributed by atoms with Crippen molar-refractivity contribution < 1.29 is 4.39 Å². The Kier molecular flexibility index (Phi) is 4.71. The van der Waals surface area contributed by atoms with Crippen LogP contribution >= 0.6 is 0 Å². The highest BCUT2D eigenvalue weighted by atomic mass is 19.1. The summed E-state index contributed by atoms with van der Waals surface area (Å²) in [6, 6.07) is 7.08. The lowest BCUT2D eigenvalue weighted by Gasteiger charge is -2.14. The summed E-state index contributed by atoms with van der Waals surface area (Å²) < 4.78 is 17.4. The third-order valence-electron chi connectivity index (χ3n) is 4.43. The fourth-order valence-electron chi connectivity index (χ4n) is 3.25. The van der Waals surface area contributed by atoms with Crippen LogP contribution in [-0.2, 0) is 20.1 Å². The van der Waals surface area contributed by atoms with Crippen LogP contribution in [0.2, 0.25) is 0 Å². The van der Waals surface area contributed by atoms with Crippen LogP contribution < -0.4 is 5.32 Å². The molecule has 3 rings (SSSR count). The molecule has 24 heavy (non-hydrogen) atoms. The van der Waals surface area contributed by atoms with Gasteiger partial charge in [0.1, 0.15) is 5.82 Å². The number of nitrogens with one attached hydrogen (secondary N) is 1. The van der Waals surface area contributed by atoms with E-state index in [9.17, 15) is 4.39 Å². The first-order valence-corrected chi connectivity index (χ1v) is 8.39. The number of halogens is 1. The second-order valence-corrected chi connectivity index (χ2v) is 6.77. The van der Waals surface area contributed by atoms with Crippen molar-refractivity contribution in [2.75, 3.05) is 6.54 Å². The molecule has 0 fully saturated rings. The molecule has 1 unspecified atom stereocenters. The van der Waals surface area contributed by atoms with Gasteiger partial charge in [-0.25, -0.2) is 4.39 Å². The molecule has 2 heterocycles. The Bertz CT molecular complexity index is 847. The van der Waals surface area contributed by atoms with E-state index in [1.165, 1.54) is 17.3 Å². The van der Waals surface area contributed by atoms with Crippen LogP contribution in [0.3, 0.4) is 0 Å². The van der Waals surface area contributed by atoms with Gasteiger partial charge in [0.15, 0.2) is 0 Å². The van der Waals surface area contributed by atoms with Gasteiger partial charge in [-0.1, -0.05) is 6.92 Å². The Morgan fingerprint density at radius 2 is 2.04 bits per heavy atom. The average Bonchev–Trinajstić information content (AvgIpc) is 2.99. The summed E-state index contributed by atoms with van der Waals surface area (Å²) in [5.41, 5.74) is 4.40. The van der Waals surface area contributed by atoms with Gasteiger partial charge >= 0.3 is 0 Å². The van der Waals surface area contributed by atoms with E-state index in [4.69, 9.17) is 0 Å². The van der Waals surface area contributed by atoms with Crippen LogP contribution in [0.25, 0.3) is 10.9 Å². The van der Waals surface area contributed by atoms with E-state index >= 15 is 0 Å². The van der Waals surface area contributed by atoms with Crippen LogP contribution in [0.4, 0.5) is 4.39 Å². The summed E-state index contributed by atoms with van der Waals surface area (Å²) in [4.78, 5) is 0. The van der Waals surface area contributed by atoms with Gasteiger partial charge in [-0.15, -0.1) is 0 Å². The van der Waals surface area contributed by atoms with Gasteiger partial charge in [0.25, 0.3) is 0 Å². The first-order valence-electron chi connectivity index (χ1n) is 8.39. The van der Waals surface area contributed by atoms with Crippen molar-refractivity contribution in [2.24, 2.45) is 13.0 Å². The van der Waals surface area contributed by atoms with Gasteiger partial charge in [-0.3, -0.25) is 4.68 Å². The minimum Gasteiger partial charge on any atom is -0.350 e. The molecule has 2 aromatic heterocycles. The van der Waals surface area contributed by atoms with E-state index in [2.05, 4.69) is 41.2 Å². The quantitative estimate of drug-likeness (QED) is 0.751. The predicted molar refractivity (Wildman–Crippen MR) is 95.4 cm³/mol. The molecular weight excluding hydrogens is 303 g/mol. The zero-order valence-electron chi connectivity index (χ0n) is 14.8. The predicted octanol–water partition coefficient (Wildman–Crippen LogP) is 3.56. The SMILES string of the molecule is Cc1cc(C)n(CC(C)CNCc2cn(C)c3cc(F)ccc23)n1. The van der Waals surface area contributed by atoms with E-state index in [1.54, 1.807) is 6.07 Å². The molecule has 0 aliphatic carbocycles. The van der Waals surface area contributed by atoms with Crippen molar-refractivity contribution in [2.45, 2.75) is 33.9 Å². The highest BCUT2D eigenvalue weighted by molar-refractivity contribution is 5.83. The van der Waals surface area contributed by atoms with Crippen molar-refractivity contribution in [3.8, 4) is 0 Å². The third-order valence-corrected chi connectivity index (χ3v) is 4.43. The summed E-state index contributed by atoms with van der Waals surface area (Å²) >= 11 is 0. The number of benzene rings is 1. The number of hydrogen-bond acceptors (Lipinski definition) is 2. The standard InChI is InChI=1S/C19H25FN4/c1-13(11-24-15(3)7-14(2)22-24)9-21-10-16-12-23(4)19-8-17(20)5-6-18(16)19/h5-8,12-13,21H,9-11H2,1-4H3. The minimum atomic E-state index is -0.193. The maximum atomic E-state index is 13.4. The summed E-state index contributed by atoms with van der Waals surface area (Å²) in [5, 5.41) is 9.15. The second kappa shape index (κ2) is 6.77. The van der Waals surface area contributed by atoms with E-state index in [-0.39, 0.29) is 5.82 Å². The van der Waals surface area contributed by atoms with Crippen LogP contribution in [0.15, 0.2) is 30.5 Å². The molecule has 1 N–H and O–H groups in total. The van der Waals surface area contributed by atoms with Crippen LogP contribution in [0.5, 0.6) is 0 Å². The molecule has 1 atom stereocenters.